The molecule has 1 N–H and O–H groups in total. The molecule has 0 bridgehead atoms. The van der Waals surface area contributed by atoms with Gasteiger partial charge in [0.05, 0.1) is 24.8 Å². The number of nitrogens with one attached hydrogen (secondary N) is 1. The average molecular weight is 568 g/mol. The van der Waals surface area contributed by atoms with E-state index >= 15 is 0 Å². The summed E-state index contributed by atoms with van der Waals surface area (Å²) in [6.45, 7) is 5.06. The van der Waals surface area contributed by atoms with Crippen LogP contribution in [0.2, 0.25) is 0 Å². The minimum Gasteiger partial charge on any atom is -0.497 e. The van der Waals surface area contributed by atoms with Crippen LogP contribution in [0.1, 0.15) is 32.8 Å². The number of carbonyl (C=O) groups is 2. The number of rotatable bonds is 13. The van der Waals surface area contributed by atoms with Crippen molar-refractivity contribution in [1.82, 2.24) is 10.2 Å². The van der Waals surface area contributed by atoms with E-state index in [1.165, 1.54) is 24.1 Å². The number of carbonyl (C=O) groups excluding carboxylic acids is 2. The molecule has 9 nitrogen and oxygen atoms in total. The van der Waals surface area contributed by atoms with Gasteiger partial charge >= 0.3 is 0 Å². The molecular weight excluding hydrogens is 530 g/mol. The number of sulfonamides is 1. The number of benzene rings is 3. The Morgan fingerprint density at radius 1 is 0.875 bits per heavy atom. The van der Waals surface area contributed by atoms with Crippen LogP contribution in [-0.4, -0.2) is 58.0 Å². The van der Waals surface area contributed by atoms with Crippen LogP contribution in [0.5, 0.6) is 11.5 Å². The van der Waals surface area contributed by atoms with Crippen molar-refractivity contribution in [2.24, 2.45) is 0 Å². The van der Waals surface area contributed by atoms with Crippen molar-refractivity contribution in [3.05, 3.63) is 84.4 Å². The van der Waals surface area contributed by atoms with Crippen LogP contribution in [0.3, 0.4) is 0 Å². The molecule has 40 heavy (non-hydrogen) atoms. The SMILES string of the molecule is CC[C@H](C(=O)NC(C)C)N(Cc1cccc(OC)c1)C(=O)CN(c1cccc(OC)c1)S(=O)(=O)c1ccccc1. The minimum atomic E-state index is -4.15. The number of ether oxygens (including phenoxy) is 2. The van der Waals surface area contributed by atoms with Crippen molar-refractivity contribution >= 4 is 27.5 Å². The van der Waals surface area contributed by atoms with Gasteiger partial charge in [0.1, 0.15) is 24.1 Å². The normalized spacial score (nSPS) is 11.9. The summed E-state index contributed by atoms with van der Waals surface area (Å²) in [5.41, 5.74) is 1.000. The third-order valence-corrected chi connectivity index (χ3v) is 8.04. The molecule has 0 aromatic heterocycles. The molecule has 0 unspecified atom stereocenters. The van der Waals surface area contributed by atoms with E-state index in [1.54, 1.807) is 67.8 Å². The van der Waals surface area contributed by atoms with Crippen LogP contribution in [0.4, 0.5) is 5.69 Å². The zero-order valence-corrected chi connectivity index (χ0v) is 24.4. The number of anilines is 1. The second-order valence-corrected chi connectivity index (χ2v) is 11.3. The van der Waals surface area contributed by atoms with Gasteiger partial charge in [0.2, 0.25) is 11.8 Å². The van der Waals surface area contributed by atoms with Crippen molar-refractivity contribution in [3.8, 4) is 11.5 Å². The lowest BCUT2D eigenvalue weighted by Gasteiger charge is -2.33. The van der Waals surface area contributed by atoms with Crippen molar-refractivity contribution in [1.29, 1.82) is 0 Å². The third-order valence-electron chi connectivity index (χ3n) is 6.26. The number of methoxy groups -OCH3 is 2. The maximum atomic E-state index is 14.1. The Balaban J connectivity index is 2.08. The maximum absolute atomic E-state index is 14.1. The van der Waals surface area contributed by atoms with E-state index in [9.17, 15) is 18.0 Å². The molecule has 3 rings (SSSR count). The molecule has 3 aromatic carbocycles. The predicted octanol–water partition coefficient (Wildman–Crippen LogP) is 4.23. The van der Waals surface area contributed by atoms with Crippen molar-refractivity contribution in [2.45, 2.75) is 50.7 Å². The lowest BCUT2D eigenvalue weighted by Crippen LogP contribution is -2.53. The molecular formula is C30H37N3O6S. The lowest BCUT2D eigenvalue weighted by atomic mass is 10.1. The van der Waals surface area contributed by atoms with Crippen LogP contribution in [0, 0.1) is 0 Å². The molecule has 3 aromatic rings. The summed E-state index contributed by atoms with van der Waals surface area (Å²) >= 11 is 0. The van der Waals surface area contributed by atoms with Crippen LogP contribution in [0.25, 0.3) is 0 Å². The first-order chi connectivity index (χ1) is 19.1. The van der Waals surface area contributed by atoms with Gasteiger partial charge in [-0.3, -0.25) is 13.9 Å². The van der Waals surface area contributed by atoms with Gasteiger partial charge < -0.3 is 19.7 Å². The Morgan fingerprint density at radius 3 is 2.10 bits per heavy atom. The van der Waals surface area contributed by atoms with Crippen LogP contribution >= 0.6 is 0 Å². The lowest BCUT2D eigenvalue weighted by molar-refractivity contribution is -0.140. The van der Waals surface area contributed by atoms with Gasteiger partial charge in [-0.05, 0) is 62.2 Å². The maximum Gasteiger partial charge on any atom is 0.264 e. The fourth-order valence-electron chi connectivity index (χ4n) is 4.28. The van der Waals surface area contributed by atoms with Gasteiger partial charge in [-0.25, -0.2) is 8.42 Å². The highest BCUT2D eigenvalue weighted by molar-refractivity contribution is 7.92. The topological polar surface area (TPSA) is 105 Å². The van der Waals surface area contributed by atoms with E-state index in [-0.39, 0.29) is 29.1 Å². The Hall–Kier alpha value is -4.05. The molecule has 0 radical (unpaired) electrons. The molecule has 0 saturated carbocycles. The van der Waals surface area contributed by atoms with Gasteiger partial charge in [-0.15, -0.1) is 0 Å². The fraction of sp³-hybridized carbons (Fsp3) is 0.333. The summed E-state index contributed by atoms with van der Waals surface area (Å²) in [5.74, 6) is 0.201. The molecule has 0 saturated heterocycles. The summed E-state index contributed by atoms with van der Waals surface area (Å²) in [7, 11) is -1.12. The largest absolute Gasteiger partial charge is 0.497 e. The third kappa shape index (κ3) is 7.53. The number of hydrogen-bond donors (Lipinski definition) is 1. The van der Waals surface area contributed by atoms with E-state index in [2.05, 4.69) is 5.32 Å². The summed E-state index contributed by atoms with van der Waals surface area (Å²) in [6.07, 6.45) is 0.332. The number of nitrogens with zero attached hydrogens (tertiary/aromatic N) is 2. The highest BCUT2D eigenvalue weighted by atomic mass is 32.2. The highest BCUT2D eigenvalue weighted by Crippen LogP contribution is 2.28. The highest BCUT2D eigenvalue weighted by Gasteiger charge is 2.34. The smallest absolute Gasteiger partial charge is 0.264 e. The summed E-state index contributed by atoms with van der Waals surface area (Å²) in [5, 5.41) is 2.89. The molecule has 0 aliphatic rings. The van der Waals surface area contributed by atoms with Gasteiger partial charge in [0.25, 0.3) is 10.0 Å². The summed E-state index contributed by atoms with van der Waals surface area (Å²) in [6, 6.07) is 20.7. The first-order valence-corrected chi connectivity index (χ1v) is 14.5. The molecule has 1 atom stereocenters. The molecule has 2 amide bonds. The Kier molecular flexibility index (Phi) is 10.6. The second-order valence-electron chi connectivity index (χ2n) is 9.49. The first-order valence-electron chi connectivity index (χ1n) is 13.0. The summed E-state index contributed by atoms with van der Waals surface area (Å²) < 4.78 is 39.5. The molecule has 214 valence electrons. The van der Waals surface area contributed by atoms with Crippen LogP contribution < -0.4 is 19.1 Å². The van der Waals surface area contributed by atoms with Crippen molar-refractivity contribution in [3.63, 3.8) is 0 Å². The monoisotopic (exact) mass is 567 g/mol. The first kappa shape index (κ1) is 30.5. The number of amides is 2. The van der Waals surface area contributed by atoms with E-state index < -0.39 is 28.5 Å². The van der Waals surface area contributed by atoms with E-state index in [0.29, 0.717) is 17.9 Å². The molecule has 0 spiro atoms. The van der Waals surface area contributed by atoms with E-state index in [1.807, 2.05) is 26.8 Å². The van der Waals surface area contributed by atoms with Crippen molar-refractivity contribution < 1.29 is 27.5 Å². The fourth-order valence-corrected chi connectivity index (χ4v) is 5.71. The van der Waals surface area contributed by atoms with Crippen LogP contribution in [0.15, 0.2) is 83.8 Å². The van der Waals surface area contributed by atoms with E-state index in [4.69, 9.17) is 9.47 Å². The van der Waals surface area contributed by atoms with Gasteiger partial charge in [0.15, 0.2) is 0 Å². The second kappa shape index (κ2) is 13.8. The Labute approximate surface area is 236 Å². The standard InChI is InChI=1S/C30H37N3O6S/c1-6-28(30(35)31-22(2)3)32(20-23-12-10-14-25(18-23)38-4)29(34)21-33(24-13-11-15-26(19-24)39-5)40(36,37)27-16-8-7-9-17-27/h7-19,22,28H,6,20-21H2,1-5H3,(H,31,35)/t28-/m1/s1. The van der Waals surface area contributed by atoms with E-state index in [0.717, 1.165) is 9.87 Å². The van der Waals surface area contributed by atoms with Crippen LogP contribution in [-0.2, 0) is 26.2 Å². The minimum absolute atomic E-state index is 0.0366. The zero-order valence-electron chi connectivity index (χ0n) is 23.5. The molecule has 0 aliphatic carbocycles. The van der Waals surface area contributed by atoms with Gasteiger partial charge in [-0.2, -0.15) is 0 Å². The molecule has 0 fully saturated rings. The predicted molar refractivity (Wildman–Crippen MR) is 155 cm³/mol. The Morgan fingerprint density at radius 2 is 1.50 bits per heavy atom. The number of hydrogen-bond acceptors (Lipinski definition) is 6. The molecule has 0 aliphatic heterocycles. The zero-order chi connectivity index (χ0) is 29.3. The molecule has 10 heteroatoms. The molecule has 0 heterocycles. The quantitative estimate of drug-likeness (QED) is 0.332. The van der Waals surface area contributed by atoms with Crippen molar-refractivity contribution in [2.75, 3.05) is 25.1 Å². The summed E-state index contributed by atoms with van der Waals surface area (Å²) in [4.78, 5) is 28.8. The van der Waals surface area contributed by atoms with Gasteiger partial charge in [0, 0.05) is 18.7 Å². The van der Waals surface area contributed by atoms with Gasteiger partial charge in [-0.1, -0.05) is 43.3 Å². The Bertz CT molecular complexity index is 1400. The average Bonchev–Trinajstić information content (AvgIpc) is 2.95.